The number of carbonyl (C=O) groups is 1. The summed E-state index contributed by atoms with van der Waals surface area (Å²) in [6, 6.07) is 22.4. The number of hydrogen-bond acceptors (Lipinski definition) is 5. The maximum atomic E-state index is 12.9. The summed E-state index contributed by atoms with van der Waals surface area (Å²) in [5.41, 5.74) is 1.64. The van der Waals surface area contributed by atoms with Crippen LogP contribution in [0.5, 0.6) is 0 Å². The van der Waals surface area contributed by atoms with Gasteiger partial charge in [-0.3, -0.25) is 9.52 Å². The molecule has 0 spiro atoms. The van der Waals surface area contributed by atoms with Crippen molar-refractivity contribution in [1.29, 1.82) is 0 Å². The lowest BCUT2D eigenvalue weighted by Crippen LogP contribution is -2.26. The van der Waals surface area contributed by atoms with Crippen LogP contribution in [-0.2, 0) is 16.6 Å². The first-order valence-electron chi connectivity index (χ1n) is 9.20. The van der Waals surface area contributed by atoms with Crippen LogP contribution in [0.3, 0.4) is 0 Å². The van der Waals surface area contributed by atoms with Crippen molar-refractivity contribution in [2.45, 2.75) is 11.4 Å². The van der Waals surface area contributed by atoms with E-state index in [2.05, 4.69) is 9.71 Å². The molecule has 1 N–H and O–H groups in total. The molecule has 0 radical (unpaired) electrons. The average molecular weight is 438 g/mol. The zero-order valence-corrected chi connectivity index (χ0v) is 17.8. The summed E-state index contributed by atoms with van der Waals surface area (Å²) in [5, 5.41) is 0.841. The third-order valence-electron chi connectivity index (χ3n) is 4.47. The van der Waals surface area contributed by atoms with Gasteiger partial charge in [0.2, 0.25) is 0 Å². The number of sulfonamides is 1. The highest BCUT2D eigenvalue weighted by Crippen LogP contribution is 2.23. The van der Waals surface area contributed by atoms with Gasteiger partial charge in [0.25, 0.3) is 15.9 Å². The molecule has 0 unspecified atom stereocenters. The van der Waals surface area contributed by atoms with Gasteiger partial charge in [0.05, 0.1) is 21.7 Å². The van der Waals surface area contributed by atoms with E-state index in [1.807, 2.05) is 24.3 Å². The van der Waals surface area contributed by atoms with Crippen LogP contribution >= 0.6 is 11.3 Å². The molecule has 0 fully saturated rings. The van der Waals surface area contributed by atoms with Crippen molar-refractivity contribution in [3.63, 3.8) is 0 Å². The Morgan fingerprint density at radius 1 is 1.00 bits per heavy atom. The third-order valence-corrected chi connectivity index (χ3v) is 6.89. The van der Waals surface area contributed by atoms with Crippen molar-refractivity contribution < 1.29 is 13.2 Å². The van der Waals surface area contributed by atoms with Crippen molar-refractivity contribution in [1.82, 2.24) is 9.88 Å². The summed E-state index contributed by atoms with van der Waals surface area (Å²) in [5.74, 6) is -0.213. The lowest BCUT2D eigenvalue weighted by molar-refractivity contribution is 0.0785. The predicted molar refractivity (Wildman–Crippen MR) is 119 cm³/mol. The van der Waals surface area contributed by atoms with Crippen molar-refractivity contribution in [2.24, 2.45) is 0 Å². The number of rotatable bonds is 6. The van der Waals surface area contributed by atoms with Gasteiger partial charge in [-0.05, 0) is 42.5 Å². The Balaban J connectivity index is 1.50. The molecular formula is C22H19N3O3S2. The molecule has 0 saturated heterocycles. The Morgan fingerprint density at radius 2 is 1.73 bits per heavy atom. The second-order valence-electron chi connectivity index (χ2n) is 6.74. The average Bonchev–Trinajstić information content (AvgIpc) is 3.16. The Kier molecular flexibility index (Phi) is 5.52. The van der Waals surface area contributed by atoms with Crippen molar-refractivity contribution >= 4 is 43.2 Å². The summed E-state index contributed by atoms with van der Waals surface area (Å²) in [7, 11) is -2.02. The first-order chi connectivity index (χ1) is 14.4. The first-order valence-corrected chi connectivity index (χ1v) is 11.5. The minimum Gasteiger partial charge on any atom is -0.335 e. The molecule has 6 nitrogen and oxygen atoms in total. The fourth-order valence-corrected chi connectivity index (χ4v) is 5.10. The fourth-order valence-electron chi connectivity index (χ4n) is 3.01. The standard InChI is InChI=1S/C22H19N3O3S2/c1-25(15-21-23-19-12-5-6-13-20(19)29-21)22(26)16-8-7-9-17(14-16)24-30(27,28)18-10-3-2-4-11-18/h2-14,24H,15H2,1H3. The van der Waals surface area contributed by atoms with Gasteiger partial charge in [-0.15, -0.1) is 11.3 Å². The highest BCUT2D eigenvalue weighted by atomic mass is 32.2. The van der Waals surface area contributed by atoms with E-state index in [4.69, 9.17) is 0 Å². The van der Waals surface area contributed by atoms with Gasteiger partial charge in [-0.1, -0.05) is 36.4 Å². The van der Waals surface area contributed by atoms with E-state index in [0.717, 1.165) is 15.2 Å². The Hall–Kier alpha value is -3.23. The molecule has 4 aromatic rings. The second kappa shape index (κ2) is 8.25. The highest BCUT2D eigenvalue weighted by Gasteiger charge is 2.17. The number of anilines is 1. The largest absolute Gasteiger partial charge is 0.335 e. The molecule has 1 amide bonds. The number of benzene rings is 3. The normalized spacial score (nSPS) is 11.4. The van der Waals surface area contributed by atoms with E-state index in [9.17, 15) is 13.2 Å². The van der Waals surface area contributed by atoms with E-state index in [-0.39, 0.29) is 10.8 Å². The van der Waals surface area contributed by atoms with E-state index in [1.165, 1.54) is 18.2 Å². The molecule has 152 valence electrons. The van der Waals surface area contributed by atoms with Crippen LogP contribution in [0, 0.1) is 0 Å². The molecule has 0 bridgehead atoms. The molecule has 8 heteroatoms. The SMILES string of the molecule is CN(Cc1nc2ccccc2s1)C(=O)c1cccc(NS(=O)(=O)c2ccccc2)c1. The maximum absolute atomic E-state index is 12.9. The molecule has 4 rings (SSSR count). The monoisotopic (exact) mass is 437 g/mol. The zero-order chi connectivity index (χ0) is 21.1. The molecule has 1 aromatic heterocycles. The minimum absolute atomic E-state index is 0.162. The quantitative estimate of drug-likeness (QED) is 0.486. The fraction of sp³-hybridized carbons (Fsp3) is 0.0909. The van der Waals surface area contributed by atoms with Crippen LogP contribution < -0.4 is 4.72 Å². The molecule has 3 aromatic carbocycles. The van der Waals surface area contributed by atoms with Crippen molar-refractivity contribution in [3.05, 3.63) is 89.4 Å². The predicted octanol–water partition coefficient (Wildman–Crippen LogP) is 4.37. The molecule has 1 heterocycles. The van der Waals surface area contributed by atoms with Crippen LogP contribution in [0.4, 0.5) is 5.69 Å². The van der Waals surface area contributed by atoms with Crippen LogP contribution in [0.1, 0.15) is 15.4 Å². The summed E-state index contributed by atoms with van der Waals surface area (Å²) in [6.07, 6.45) is 0. The number of para-hydroxylation sites is 1. The number of amides is 1. The van der Waals surface area contributed by atoms with Gasteiger partial charge in [-0.2, -0.15) is 0 Å². The Bertz CT molecular complexity index is 1270. The molecule has 0 atom stereocenters. The maximum Gasteiger partial charge on any atom is 0.261 e. The molecular weight excluding hydrogens is 418 g/mol. The van der Waals surface area contributed by atoms with Gasteiger partial charge in [0, 0.05) is 18.3 Å². The molecule has 0 aliphatic carbocycles. The van der Waals surface area contributed by atoms with Gasteiger partial charge in [-0.25, -0.2) is 13.4 Å². The van der Waals surface area contributed by atoms with Gasteiger partial charge < -0.3 is 4.90 Å². The number of fused-ring (bicyclic) bond motifs is 1. The van der Waals surface area contributed by atoms with E-state index < -0.39 is 10.0 Å². The molecule has 0 aliphatic rings. The van der Waals surface area contributed by atoms with Gasteiger partial charge in [0.15, 0.2) is 0 Å². The Morgan fingerprint density at radius 3 is 2.50 bits per heavy atom. The van der Waals surface area contributed by atoms with Gasteiger partial charge in [0.1, 0.15) is 5.01 Å². The van der Waals surface area contributed by atoms with Gasteiger partial charge >= 0.3 is 0 Å². The van der Waals surface area contributed by atoms with Crippen molar-refractivity contribution in [2.75, 3.05) is 11.8 Å². The van der Waals surface area contributed by atoms with Crippen LogP contribution in [0.2, 0.25) is 0 Å². The number of nitrogens with one attached hydrogen (secondary N) is 1. The molecule has 30 heavy (non-hydrogen) atoms. The van der Waals surface area contributed by atoms with E-state index in [0.29, 0.717) is 17.8 Å². The van der Waals surface area contributed by atoms with Crippen LogP contribution in [0.15, 0.2) is 83.8 Å². The number of nitrogens with zero attached hydrogens (tertiary/aromatic N) is 2. The third kappa shape index (κ3) is 4.34. The summed E-state index contributed by atoms with van der Waals surface area (Å²) >= 11 is 1.55. The molecule has 0 aliphatic heterocycles. The van der Waals surface area contributed by atoms with E-state index in [1.54, 1.807) is 59.7 Å². The summed E-state index contributed by atoms with van der Waals surface area (Å²) < 4.78 is 28.7. The number of carbonyl (C=O) groups excluding carboxylic acids is 1. The van der Waals surface area contributed by atoms with Crippen LogP contribution in [0.25, 0.3) is 10.2 Å². The summed E-state index contributed by atoms with van der Waals surface area (Å²) in [6.45, 7) is 0.373. The van der Waals surface area contributed by atoms with Crippen LogP contribution in [-0.4, -0.2) is 31.3 Å². The van der Waals surface area contributed by atoms with Crippen molar-refractivity contribution in [3.8, 4) is 0 Å². The first kappa shape index (κ1) is 20.1. The highest BCUT2D eigenvalue weighted by molar-refractivity contribution is 7.92. The Labute approximate surface area is 178 Å². The van der Waals surface area contributed by atoms with E-state index >= 15 is 0 Å². The lowest BCUT2D eigenvalue weighted by atomic mass is 10.2. The zero-order valence-electron chi connectivity index (χ0n) is 16.1. The smallest absolute Gasteiger partial charge is 0.261 e. The number of aromatic nitrogens is 1. The second-order valence-corrected chi connectivity index (χ2v) is 9.53. The lowest BCUT2D eigenvalue weighted by Gasteiger charge is -2.16. The number of thiazole rings is 1. The summed E-state index contributed by atoms with van der Waals surface area (Å²) in [4.78, 5) is 19.2. The number of hydrogen-bond donors (Lipinski definition) is 1. The minimum atomic E-state index is -3.72. The topological polar surface area (TPSA) is 79.4 Å². The molecule has 0 saturated carbocycles.